The molecule has 5 heteroatoms. The van der Waals surface area contributed by atoms with Crippen molar-refractivity contribution >= 4 is 27.5 Å². The number of halogens is 2. The minimum atomic E-state index is -0.758. The van der Waals surface area contributed by atoms with E-state index in [0.717, 1.165) is 10.0 Å². The molecule has 0 aliphatic heterocycles. The third-order valence-electron chi connectivity index (χ3n) is 2.36. The molecular formula is C11H10BrClN2O. The normalized spacial score (nSPS) is 12.8. The second-order valence-corrected chi connectivity index (χ2v) is 4.76. The van der Waals surface area contributed by atoms with Crippen LogP contribution >= 0.6 is 27.5 Å². The molecule has 0 radical (unpaired) electrons. The number of aromatic nitrogens is 2. The Kier molecular flexibility index (Phi) is 3.33. The molecule has 0 aliphatic rings. The predicted molar refractivity (Wildman–Crippen MR) is 66.4 cm³/mol. The Hall–Kier alpha value is -0.840. The van der Waals surface area contributed by atoms with Crippen LogP contribution in [0.3, 0.4) is 0 Å². The number of benzene rings is 1. The smallest absolute Gasteiger partial charge is 0.142 e. The van der Waals surface area contributed by atoms with Gasteiger partial charge in [0.25, 0.3) is 0 Å². The van der Waals surface area contributed by atoms with Crippen molar-refractivity contribution in [2.75, 3.05) is 0 Å². The average molecular weight is 302 g/mol. The SMILES string of the molecule is Cn1ccnc1C(O)c1ccc(Cl)cc1Br. The summed E-state index contributed by atoms with van der Waals surface area (Å²) in [4.78, 5) is 4.11. The molecule has 0 fully saturated rings. The van der Waals surface area contributed by atoms with Gasteiger partial charge in [0.05, 0.1) is 0 Å². The molecule has 1 heterocycles. The molecule has 0 bridgehead atoms. The van der Waals surface area contributed by atoms with E-state index in [1.807, 2.05) is 7.05 Å². The molecule has 1 aromatic carbocycles. The van der Waals surface area contributed by atoms with Gasteiger partial charge in [-0.2, -0.15) is 0 Å². The topological polar surface area (TPSA) is 38.0 Å². The van der Waals surface area contributed by atoms with Gasteiger partial charge < -0.3 is 9.67 Å². The first-order valence-corrected chi connectivity index (χ1v) is 5.87. The molecule has 0 aliphatic carbocycles. The zero-order valence-corrected chi connectivity index (χ0v) is 10.9. The van der Waals surface area contributed by atoms with Gasteiger partial charge in [0.1, 0.15) is 11.9 Å². The molecule has 84 valence electrons. The lowest BCUT2D eigenvalue weighted by atomic mass is 10.1. The number of aryl methyl sites for hydroxylation is 1. The molecule has 0 spiro atoms. The highest BCUT2D eigenvalue weighted by Crippen LogP contribution is 2.29. The van der Waals surface area contributed by atoms with Crippen molar-refractivity contribution in [1.29, 1.82) is 0 Å². The second kappa shape index (κ2) is 4.57. The van der Waals surface area contributed by atoms with Crippen molar-refractivity contribution in [2.24, 2.45) is 7.05 Å². The van der Waals surface area contributed by atoms with Crippen LogP contribution in [0.4, 0.5) is 0 Å². The van der Waals surface area contributed by atoms with E-state index in [-0.39, 0.29) is 0 Å². The quantitative estimate of drug-likeness (QED) is 0.926. The van der Waals surface area contributed by atoms with Crippen molar-refractivity contribution in [3.05, 3.63) is 51.5 Å². The van der Waals surface area contributed by atoms with Crippen molar-refractivity contribution < 1.29 is 5.11 Å². The highest BCUT2D eigenvalue weighted by Gasteiger charge is 2.17. The Balaban J connectivity index is 2.41. The predicted octanol–water partition coefficient (Wildman–Crippen LogP) is 2.92. The molecular weight excluding hydrogens is 291 g/mol. The Morgan fingerprint density at radius 2 is 2.25 bits per heavy atom. The van der Waals surface area contributed by atoms with E-state index >= 15 is 0 Å². The average Bonchev–Trinajstić information content (AvgIpc) is 2.63. The van der Waals surface area contributed by atoms with Crippen molar-refractivity contribution in [3.63, 3.8) is 0 Å². The molecule has 1 atom stereocenters. The molecule has 1 N–H and O–H groups in total. The number of rotatable bonds is 2. The van der Waals surface area contributed by atoms with Crippen molar-refractivity contribution in [2.45, 2.75) is 6.10 Å². The minimum Gasteiger partial charge on any atom is -0.380 e. The summed E-state index contributed by atoms with van der Waals surface area (Å²) in [6.45, 7) is 0. The van der Waals surface area contributed by atoms with Crippen LogP contribution in [-0.4, -0.2) is 14.7 Å². The summed E-state index contributed by atoms with van der Waals surface area (Å²) in [6, 6.07) is 5.28. The van der Waals surface area contributed by atoms with Gasteiger partial charge >= 0.3 is 0 Å². The van der Waals surface area contributed by atoms with Crippen LogP contribution in [-0.2, 0) is 7.05 Å². The van der Waals surface area contributed by atoms with E-state index < -0.39 is 6.10 Å². The fourth-order valence-corrected chi connectivity index (χ4v) is 2.40. The summed E-state index contributed by atoms with van der Waals surface area (Å²) in [5, 5.41) is 10.8. The Morgan fingerprint density at radius 1 is 1.50 bits per heavy atom. The van der Waals surface area contributed by atoms with Gasteiger partial charge in [-0.15, -0.1) is 0 Å². The summed E-state index contributed by atoms with van der Waals surface area (Å²) in [6.07, 6.45) is 2.69. The monoisotopic (exact) mass is 300 g/mol. The van der Waals surface area contributed by atoms with Gasteiger partial charge in [-0.25, -0.2) is 4.98 Å². The summed E-state index contributed by atoms with van der Waals surface area (Å²) in [5.74, 6) is 0.600. The van der Waals surface area contributed by atoms with E-state index in [9.17, 15) is 5.11 Å². The van der Waals surface area contributed by atoms with Crippen LogP contribution in [0.5, 0.6) is 0 Å². The van der Waals surface area contributed by atoms with Gasteiger partial charge in [-0.05, 0) is 12.1 Å². The fourth-order valence-electron chi connectivity index (χ4n) is 1.50. The Labute approximate surface area is 107 Å². The number of imidazole rings is 1. The zero-order chi connectivity index (χ0) is 11.7. The summed E-state index contributed by atoms with van der Waals surface area (Å²) < 4.78 is 2.56. The molecule has 1 unspecified atom stereocenters. The number of hydrogen-bond acceptors (Lipinski definition) is 2. The lowest BCUT2D eigenvalue weighted by molar-refractivity contribution is 0.205. The first kappa shape index (κ1) is 11.6. The van der Waals surface area contributed by atoms with Gasteiger partial charge in [-0.3, -0.25) is 0 Å². The van der Waals surface area contributed by atoms with E-state index in [2.05, 4.69) is 20.9 Å². The Bertz CT molecular complexity index is 512. The third kappa shape index (κ3) is 2.14. The maximum absolute atomic E-state index is 10.2. The first-order valence-electron chi connectivity index (χ1n) is 4.70. The summed E-state index contributed by atoms with van der Waals surface area (Å²) in [7, 11) is 1.84. The van der Waals surface area contributed by atoms with E-state index in [1.165, 1.54) is 0 Å². The maximum atomic E-state index is 10.2. The number of aliphatic hydroxyl groups is 1. The van der Waals surface area contributed by atoms with Gasteiger partial charge in [0.2, 0.25) is 0 Å². The summed E-state index contributed by atoms with van der Waals surface area (Å²) >= 11 is 9.22. The van der Waals surface area contributed by atoms with Gasteiger partial charge in [-0.1, -0.05) is 33.6 Å². The number of aliphatic hydroxyl groups excluding tert-OH is 1. The van der Waals surface area contributed by atoms with Crippen molar-refractivity contribution in [3.8, 4) is 0 Å². The van der Waals surface area contributed by atoms with Crippen LogP contribution in [0.2, 0.25) is 5.02 Å². The van der Waals surface area contributed by atoms with Crippen LogP contribution < -0.4 is 0 Å². The molecule has 3 nitrogen and oxygen atoms in total. The second-order valence-electron chi connectivity index (χ2n) is 3.46. The first-order chi connectivity index (χ1) is 7.59. The number of hydrogen-bond donors (Lipinski definition) is 1. The van der Waals surface area contributed by atoms with Crippen LogP contribution in [0.15, 0.2) is 35.1 Å². The highest BCUT2D eigenvalue weighted by atomic mass is 79.9. The Morgan fingerprint density at radius 3 is 2.81 bits per heavy atom. The zero-order valence-electron chi connectivity index (χ0n) is 8.56. The van der Waals surface area contributed by atoms with Gasteiger partial charge in [0.15, 0.2) is 0 Å². The molecule has 2 aromatic rings. The van der Waals surface area contributed by atoms with Crippen LogP contribution in [0, 0.1) is 0 Å². The molecule has 2 rings (SSSR count). The lowest BCUT2D eigenvalue weighted by Gasteiger charge is -2.12. The van der Waals surface area contributed by atoms with E-state index in [0.29, 0.717) is 10.8 Å². The molecule has 0 saturated heterocycles. The third-order valence-corrected chi connectivity index (χ3v) is 3.28. The van der Waals surface area contributed by atoms with E-state index in [1.54, 1.807) is 35.2 Å². The molecule has 1 aromatic heterocycles. The van der Waals surface area contributed by atoms with Gasteiger partial charge in [0, 0.05) is 34.5 Å². The fraction of sp³-hybridized carbons (Fsp3) is 0.182. The minimum absolute atomic E-state index is 0.600. The lowest BCUT2D eigenvalue weighted by Crippen LogP contribution is -2.07. The highest BCUT2D eigenvalue weighted by molar-refractivity contribution is 9.10. The molecule has 16 heavy (non-hydrogen) atoms. The molecule has 0 saturated carbocycles. The van der Waals surface area contributed by atoms with Crippen molar-refractivity contribution in [1.82, 2.24) is 9.55 Å². The van der Waals surface area contributed by atoms with E-state index in [4.69, 9.17) is 11.6 Å². The standard InChI is InChI=1S/C11H10BrClN2O/c1-15-5-4-14-11(15)10(16)8-3-2-7(13)6-9(8)12/h2-6,10,16H,1H3. The number of nitrogens with zero attached hydrogens (tertiary/aromatic N) is 2. The van der Waals surface area contributed by atoms with Crippen LogP contribution in [0.25, 0.3) is 0 Å². The summed E-state index contributed by atoms with van der Waals surface area (Å²) in [5.41, 5.74) is 0.749. The van der Waals surface area contributed by atoms with Crippen LogP contribution in [0.1, 0.15) is 17.5 Å². The largest absolute Gasteiger partial charge is 0.380 e. The maximum Gasteiger partial charge on any atom is 0.142 e. The molecule has 0 amide bonds.